The summed E-state index contributed by atoms with van der Waals surface area (Å²) in [6.45, 7) is 1.20. The zero-order chi connectivity index (χ0) is 23.9. The molecule has 5 rings (SSSR count). The van der Waals surface area contributed by atoms with Crippen molar-refractivity contribution in [2.75, 3.05) is 23.4 Å². The van der Waals surface area contributed by atoms with Crippen molar-refractivity contribution in [3.8, 4) is 0 Å². The molecular formula is C24H20N2O7S. The molecule has 174 valence electrons. The van der Waals surface area contributed by atoms with Crippen molar-refractivity contribution in [2.45, 2.75) is 29.5 Å². The minimum Gasteiger partial charge on any atom is -0.460 e. The molecule has 0 saturated carbocycles. The Morgan fingerprint density at radius 3 is 2.71 bits per heavy atom. The van der Waals surface area contributed by atoms with Crippen molar-refractivity contribution in [1.29, 1.82) is 0 Å². The van der Waals surface area contributed by atoms with E-state index in [1.807, 2.05) is 12.1 Å². The van der Waals surface area contributed by atoms with Gasteiger partial charge in [0.05, 0.1) is 12.3 Å². The fourth-order valence-corrected chi connectivity index (χ4v) is 5.61. The molecule has 0 bridgehead atoms. The number of furan rings is 1. The monoisotopic (exact) mass is 480 g/mol. The van der Waals surface area contributed by atoms with Crippen molar-refractivity contribution in [3.05, 3.63) is 54.3 Å². The van der Waals surface area contributed by atoms with Gasteiger partial charge in [-0.2, -0.15) is 0 Å². The van der Waals surface area contributed by atoms with E-state index in [1.165, 1.54) is 16.7 Å². The Hall–Kier alpha value is -3.79. The van der Waals surface area contributed by atoms with Gasteiger partial charge in [-0.1, -0.05) is 36.0 Å². The number of para-hydroxylation sites is 2. The molecule has 3 heterocycles. The van der Waals surface area contributed by atoms with E-state index >= 15 is 0 Å². The van der Waals surface area contributed by atoms with Gasteiger partial charge < -0.3 is 19.2 Å². The number of amides is 2. The van der Waals surface area contributed by atoms with Crippen LogP contribution in [0.4, 0.5) is 11.4 Å². The van der Waals surface area contributed by atoms with Crippen LogP contribution >= 0.6 is 11.8 Å². The second kappa shape index (κ2) is 8.53. The number of rotatable bonds is 6. The number of esters is 2. The highest BCUT2D eigenvalue weighted by Gasteiger charge is 2.58. The maximum Gasteiger partial charge on any atom is 0.376 e. The Morgan fingerprint density at radius 2 is 1.88 bits per heavy atom. The van der Waals surface area contributed by atoms with E-state index in [1.54, 1.807) is 43.3 Å². The second-order valence-electron chi connectivity index (χ2n) is 7.73. The molecule has 0 aliphatic carbocycles. The molecular weight excluding hydrogens is 460 g/mol. The van der Waals surface area contributed by atoms with Gasteiger partial charge >= 0.3 is 11.9 Å². The van der Waals surface area contributed by atoms with Crippen molar-refractivity contribution in [2.24, 2.45) is 0 Å². The number of ether oxygens (including phenoxy) is 2. The first-order valence-electron chi connectivity index (χ1n) is 10.7. The van der Waals surface area contributed by atoms with Gasteiger partial charge in [0.1, 0.15) is 11.3 Å². The van der Waals surface area contributed by atoms with Gasteiger partial charge in [0, 0.05) is 23.1 Å². The predicted molar refractivity (Wildman–Crippen MR) is 124 cm³/mol. The van der Waals surface area contributed by atoms with E-state index in [4.69, 9.17) is 13.9 Å². The maximum atomic E-state index is 13.1. The quantitative estimate of drug-likeness (QED) is 0.531. The topological polar surface area (TPSA) is 115 Å². The van der Waals surface area contributed by atoms with Gasteiger partial charge in [-0.3, -0.25) is 14.5 Å². The summed E-state index contributed by atoms with van der Waals surface area (Å²) in [6, 6.07) is 14.1. The summed E-state index contributed by atoms with van der Waals surface area (Å²) in [7, 11) is 0. The highest BCUT2D eigenvalue weighted by Crippen LogP contribution is 2.56. The Labute approximate surface area is 198 Å². The molecule has 1 N–H and O–H groups in total. The molecule has 0 radical (unpaired) electrons. The van der Waals surface area contributed by atoms with Crippen LogP contribution in [0.2, 0.25) is 0 Å². The number of nitrogens with zero attached hydrogens (tertiary/aromatic N) is 1. The Morgan fingerprint density at radius 1 is 1.12 bits per heavy atom. The van der Waals surface area contributed by atoms with Crippen molar-refractivity contribution < 1.29 is 33.1 Å². The minimum absolute atomic E-state index is 0.137. The van der Waals surface area contributed by atoms with E-state index in [9.17, 15) is 19.2 Å². The van der Waals surface area contributed by atoms with Crippen LogP contribution in [0.5, 0.6) is 0 Å². The normalized spacial score (nSPS) is 18.5. The Balaban J connectivity index is 1.33. The van der Waals surface area contributed by atoms with E-state index < -0.39 is 29.3 Å². The molecule has 2 amide bonds. The average Bonchev–Trinajstić information content (AvgIpc) is 3.48. The first-order valence-corrected chi connectivity index (χ1v) is 11.5. The first kappa shape index (κ1) is 22.0. The number of anilines is 2. The fraction of sp³-hybridized carbons (Fsp3) is 0.250. The second-order valence-corrected chi connectivity index (χ2v) is 9.05. The molecule has 1 aromatic heterocycles. The van der Waals surface area contributed by atoms with Gasteiger partial charge in [-0.25, -0.2) is 9.59 Å². The molecule has 34 heavy (non-hydrogen) atoms. The molecule has 9 nitrogen and oxygen atoms in total. The van der Waals surface area contributed by atoms with Crippen molar-refractivity contribution >= 4 is 57.9 Å². The number of benzene rings is 2. The van der Waals surface area contributed by atoms with Crippen molar-refractivity contribution in [3.63, 3.8) is 0 Å². The first-order chi connectivity index (χ1) is 16.4. The highest BCUT2D eigenvalue weighted by atomic mass is 32.2. The minimum atomic E-state index is -1.22. The summed E-state index contributed by atoms with van der Waals surface area (Å²) in [5.41, 5.74) is 1.21. The summed E-state index contributed by atoms with van der Waals surface area (Å²) < 4.78 is 16.0. The molecule has 0 unspecified atom stereocenters. The van der Waals surface area contributed by atoms with Crippen LogP contribution in [-0.4, -0.2) is 41.8 Å². The maximum absolute atomic E-state index is 13.1. The molecule has 3 aromatic rings. The number of nitrogens with one attached hydrogen (secondary N) is 1. The standard InChI is InChI=1S/C24H20N2O7S/c1-2-31-22(29)21-20(14-7-3-5-9-16(14)33-21)25-18(27)13-32-23(30)24-12-11-19(28)26(24)15-8-4-6-10-17(15)34-24/h3-10H,2,11-13H2,1H3,(H,25,27)/t24-/m0/s1. The summed E-state index contributed by atoms with van der Waals surface area (Å²) in [5.74, 6) is -2.35. The van der Waals surface area contributed by atoms with Crippen LogP contribution in [0.15, 0.2) is 57.8 Å². The highest BCUT2D eigenvalue weighted by molar-refractivity contribution is 8.02. The SMILES string of the molecule is CCOC(=O)c1oc2ccccc2c1NC(=O)COC(=O)[C@@]12CCC(=O)N1c1ccccc1S2. The Kier molecular flexibility index (Phi) is 5.52. The predicted octanol–water partition coefficient (Wildman–Crippen LogP) is 3.72. The molecule has 2 aliphatic rings. The number of fused-ring (bicyclic) bond motifs is 4. The molecule has 1 saturated heterocycles. The molecule has 0 spiro atoms. The molecule has 10 heteroatoms. The van der Waals surface area contributed by atoms with Gasteiger partial charge in [0.2, 0.25) is 11.7 Å². The summed E-state index contributed by atoms with van der Waals surface area (Å²) >= 11 is 1.26. The lowest BCUT2D eigenvalue weighted by molar-refractivity contribution is -0.149. The molecule has 1 fully saturated rings. The fourth-order valence-electron chi connectivity index (χ4n) is 4.20. The van der Waals surface area contributed by atoms with Crippen LogP contribution in [0.1, 0.15) is 30.3 Å². The largest absolute Gasteiger partial charge is 0.460 e. The van der Waals surface area contributed by atoms with Crippen LogP contribution in [0, 0.1) is 0 Å². The van der Waals surface area contributed by atoms with E-state index in [0.717, 1.165) is 4.90 Å². The lowest BCUT2D eigenvalue weighted by atomic mass is 10.2. The van der Waals surface area contributed by atoms with Gasteiger partial charge in [0.15, 0.2) is 11.5 Å². The summed E-state index contributed by atoms with van der Waals surface area (Å²) in [4.78, 5) is 51.7. The third-order valence-corrected chi connectivity index (χ3v) is 7.10. The third-order valence-electron chi connectivity index (χ3n) is 5.65. The number of hydrogen-bond acceptors (Lipinski definition) is 8. The number of thioether (sulfide) groups is 1. The molecule has 2 aromatic carbocycles. The van der Waals surface area contributed by atoms with Crippen LogP contribution < -0.4 is 10.2 Å². The molecule has 1 atom stereocenters. The molecule has 2 aliphatic heterocycles. The van der Waals surface area contributed by atoms with Crippen LogP contribution in [0.25, 0.3) is 11.0 Å². The van der Waals surface area contributed by atoms with Gasteiger partial charge in [-0.05, 0) is 31.2 Å². The van der Waals surface area contributed by atoms with E-state index in [-0.39, 0.29) is 36.8 Å². The van der Waals surface area contributed by atoms with E-state index in [2.05, 4.69) is 5.32 Å². The van der Waals surface area contributed by atoms with Crippen molar-refractivity contribution in [1.82, 2.24) is 0 Å². The van der Waals surface area contributed by atoms with Gasteiger partial charge in [0.25, 0.3) is 5.91 Å². The van der Waals surface area contributed by atoms with E-state index in [0.29, 0.717) is 16.7 Å². The van der Waals surface area contributed by atoms with Crippen LogP contribution in [-0.2, 0) is 23.9 Å². The number of hydrogen-bond donors (Lipinski definition) is 1. The third kappa shape index (κ3) is 3.50. The number of carbonyl (C=O) groups is 4. The van der Waals surface area contributed by atoms with Crippen LogP contribution in [0.3, 0.4) is 0 Å². The zero-order valence-electron chi connectivity index (χ0n) is 18.2. The van der Waals surface area contributed by atoms with Gasteiger partial charge in [-0.15, -0.1) is 0 Å². The lowest BCUT2D eigenvalue weighted by Gasteiger charge is -2.28. The summed E-state index contributed by atoms with van der Waals surface area (Å²) in [5, 5.41) is 3.12. The zero-order valence-corrected chi connectivity index (χ0v) is 19.0. The summed E-state index contributed by atoms with van der Waals surface area (Å²) in [6.07, 6.45) is 0.498. The average molecular weight is 480 g/mol. The number of carbonyl (C=O) groups excluding carboxylic acids is 4. The smallest absolute Gasteiger partial charge is 0.376 e. The lowest BCUT2D eigenvalue weighted by Crippen LogP contribution is -2.48. The Bertz CT molecular complexity index is 1330.